The van der Waals surface area contributed by atoms with Crippen molar-refractivity contribution in [2.45, 2.75) is 32.8 Å². The van der Waals surface area contributed by atoms with Crippen molar-refractivity contribution in [1.82, 2.24) is 0 Å². The van der Waals surface area contributed by atoms with Gasteiger partial charge in [-0.1, -0.05) is 26.0 Å². The monoisotopic (exact) mass is 460 g/mol. The van der Waals surface area contributed by atoms with Crippen molar-refractivity contribution < 1.29 is 23.4 Å². The SMILES string of the molecule is CCCOC(=O)C(CC)Oc1ccc2c(=O)c(Oc3ccccc3Br)coc2c1. The number of ether oxygens (including phenoxy) is 3. The molecule has 1 heterocycles. The molecule has 3 rings (SSSR count). The first-order valence-corrected chi connectivity index (χ1v) is 10.1. The van der Waals surface area contributed by atoms with Gasteiger partial charge in [0.2, 0.25) is 11.2 Å². The third-order valence-electron chi connectivity index (χ3n) is 4.13. The van der Waals surface area contributed by atoms with Crippen LogP contribution in [0.3, 0.4) is 0 Å². The minimum absolute atomic E-state index is 0.0765. The van der Waals surface area contributed by atoms with Gasteiger partial charge in [-0.3, -0.25) is 4.79 Å². The lowest BCUT2D eigenvalue weighted by Crippen LogP contribution is -2.28. The van der Waals surface area contributed by atoms with Crippen molar-refractivity contribution in [3.63, 3.8) is 0 Å². The first kappa shape index (κ1) is 20.9. The number of hydrogen-bond acceptors (Lipinski definition) is 6. The Kier molecular flexibility index (Phi) is 6.93. The third-order valence-corrected chi connectivity index (χ3v) is 4.79. The summed E-state index contributed by atoms with van der Waals surface area (Å²) in [4.78, 5) is 24.8. The highest BCUT2D eigenvalue weighted by atomic mass is 79.9. The summed E-state index contributed by atoms with van der Waals surface area (Å²) in [5, 5.41) is 0.350. The molecule has 1 aromatic heterocycles. The van der Waals surface area contributed by atoms with Crippen LogP contribution in [0, 0.1) is 0 Å². The van der Waals surface area contributed by atoms with Gasteiger partial charge in [-0.05, 0) is 53.0 Å². The van der Waals surface area contributed by atoms with E-state index in [9.17, 15) is 9.59 Å². The lowest BCUT2D eigenvalue weighted by atomic mass is 10.2. The molecule has 0 aliphatic heterocycles. The molecule has 0 saturated heterocycles. The van der Waals surface area contributed by atoms with Gasteiger partial charge in [0.1, 0.15) is 23.3 Å². The number of carbonyl (C=O) groups excluding carboxylic acids is 1. The normalized spacial score (nSPS) is 11.8. The zero-order valence-electron chi connectivity index (χ0n) is 16.1. The summed E-state index contributed by atoms with van der Waals surface area (Å²) in [7, 11) is 0. The number of carbonyl (C=O) groups is 1. The highest BCUT2D eigenvalue weighted by molar-refractivity contribution is 9.10. The second-order valence-electron chi connectivity index (χ2n) is 6.30. The van der Waals surface area contributed by atoms with Crippen LogP contribution in [-0.2, 0) is 9.53 Å². The summed E-state index contributed by atoms with van der Waals surface area (Å²) < 4.78 is 22.9. The molecular formula is C22H21BrO6. The van der Waals surface area contributed by atoms with Crippen LogP contribution < -0.4 is 14.9 Å². The van der Waals surface area contributed by atoms with Crippen LogP contribution in [0.2, 0.25) is 0 Å². The van der Waals surface area contributed by atoms with E-state index in [1.165, 1.54) is 6.26 Å². The first-order valence-electron chi connectivity index (χ1n) is 9.34. The summed E-state index contributed by atoms with van der Waals surface area (Å²) >= 11 is 3.38. The Balaban J connectivity index is 1.83. The lowest BCUT2D eigenvalue weighted by molar-refractivity contribution is -0.152. The van der Waals surface area contributed by atoms with Crippen LogP contribution in [0.4, 0.5) is 0 Å². The molecule has 0 saturated carbocycles. The molecule has 0 bridgehead atoms. The largest absolute Gasteiger partial charge is 0.479 e. The van der Waals surface area contributed by atoms with E-state index in [0.717, 1.165) is 10.9 Å². The Labute approximate surface area is 176 Å². The lowest BCUT2D eigenvalue weighted by Gasteiger charge is -2.16. The number of benzene rings is 2. The molecule has 0 radical (unpaired) electrons. The Bertz CT molecular complexity index is 1060. The van der Waals surface area contributed by atoms with Gasteiger partial charge >= 0.3 is 5.97 Å². The molecule has 6 nitrogen and oxygen atoms in total. The number of para-hydroxylation sites is 1. The number of halogens is 1. The zero-order chi connectivity index (χ0) is 20.8. The summed E-state index contributed by atoms with van der Waals surface area (Å²) in [6.45, 7) is 4.12. The van der Waals surface area contributed by atoms with E-state index in [4.69, 9.17) is 18.6 Å². The Hall–Kier alpha value is -2.80. The number of rotatable bonds is 8. The predicted molar refractivity (Wildman–Crippen MR) is 113 cm³/mol. The maximum Gasteiger partial charge on any atom is 0.347 e. The molecule has 7 heteroatoms. The Morgan fingerprint density at radius 1 is 1.14 bits per heavy atom. The summed E-state index contributed by atoms with van der Waals surface area (Å²) in [5.74, 6) is 0.594. The number of fused-ring (bicyclic) bond motifs is 1. The predicted octanol–water partition coefficient (Wildman–Crippen LogP) is 5.46. The van der Waals surface area contributed by atoms with Crippen LogP contribution in [0.15, 0.2) is 62.4 Å². The van der Waals surface area contributed by atoms with E-state index in [1.807, 2.05) is 32.0 Å². The van der Waals surface area contributed by atoms with E-state index in [2.05, 4.69) is 15.9 Å². The maximum atomic E-state index is 12.7. The molecule has 0 amide bonds. The standard InChI is InChI=1S/C22H21BrO6/c1-3-11-26-22(25)17(4-2)28-14-9-10-15-19(12-14)27-13-20(21(15)24)29-18-8-6-5-7-16(18)23/h5-10,12-13,17H,3-4,11H2,1-2H3. The molecule has 0 aliphatic carbocycles. The fourth-order valence-electron chi connectivity index (χ4n) is 2.64. The quantitative estimate of drug-likeness (QED) is 0.415. The third kappa shape index (κ3) is 4.98. The van der Waals surface area contributed by atoms with Crippen molar-refractivity contribution in [3.8, 4) is 17.2 Å². The fourth-order valence-corrected chi connectivity index (χ4v) is 3.00. The molecule has 0 fully saturated rings. The molecular weight excluding hydrogens is 440 g/mol. The number of hydrogen-bond donors (Lipinski definition) is 0. The van der Waals surface area contributed by atoms with Crippen molar-refractivity contribution in [3.05, 3.63) is 63.4 Å². The van der Waals surface area contributed by atoms with Gasteiger partial charge in [-0.25, -0.2) is 4.79 Å². The van der Waals surface area contributed by atoms with E-state index in [1.54, 1.807) is 24.3 Å². The van der Waals surface area contributed by atoms with Crippen LogP contribution in [0.5, 0.6) is 17.2 Å². The molecule has 3 aromatic rings. The summed E-state index contributed by atoms with van der Waals surface area (Å²) in [6, 6.07) is 12.0. The average molecular weight is 461 g/mol. The van der Waals surface area contributed by atoms with Crippen LogP contribution in [-0.4, -0.2) is 18.7 Å². The van der Waals surface area contributed by atoms with Crippen molar-refractivity contribution in [2.75, 3.05) is 6.61 Å². The van der Waals surface area contributed by atoms with Crippen LogP contribution in [0.25, 0.3) is 11.0 Å². The molecule has 29 heavy (non-hydrogen) atoms. The van der Waals surface area contributed by atoms with Gasteiger partial charge in [0.25, 0.3) is 0 Å². The second-order valence-corrected chi connectivity index (χ2v) is 7.16. The van der Waals surface area contributed by atoms with Gasteiger partial charge < -0.3 is 18.6 Å². The van der Waals surface area contributed by atoms with E-state index in [0.29, 0.717) is 35.5 Å². The number of esters is 1. The van der Waals surface area contributed by atoms with Crippen molar-refractivity contribution >= 4 is 32.9 Å². The Morgan fingerprint density at radius 2 is 1.93 bits per heavy atom. The van der Waals surface area contributed by atoms with E-state index in [-0.39, 0.29) is 11.2 Å². The molecule has 2 aromatic carbocycles. The van der Waals surface area contributed by atoms with Gasteiger partial charge in [0.15, 0.2) is 6.10 Å². The molecule has 1 unspecified atom stereocenters. The van der Waals surface area contributed by atoms with Gasteiger partial charge in [-0.15, -0.1) is 0 Å². The van der Waals surface area contributed by atoms with Crippen molar-refractivity contribution in [1.29, 1.82) is 0 Å². The van der Waals surface area contributed by atoms with Crippen LogP contribution in [0.1, 0.15) is 26.7 Å². The van der Waals surface area contributed by atoms with Gasteiger partial charge in [0, 0.05) is 6.07 Å². The Morgan fingerprint density at radius 3 is 2.66 bits per heavy atom. The highest BCUT2D eigenvalue weighted by Crippen LogP contribution is 2.29. The fraction of sp³-hybridized carbons (Fsp3) is 0.273. The summed E-state index contributed by atoms with van der Waals surface area (Å²) in [6.07, 6.45) is 1.75. The molecule has 152 valence electrons. The maximum absolute atomic E-state index is 12.7. The summed E-state index contributed by atoms with van der Waals surface area (Å²) in [5.41, 5.74) is 0.0340. The topological polar surface area (TPSA) is 75.0 Å². The molecule has 1 atom stereocenters. The smallest absolute Gasteiger partial charge is 0.347 e. The second kappa shape index (κ2) is 9.60. The van der Waals surface area contributed by atoms with E-state index < -0.39 is 12.1 Å². The van der Waals surface area contributed by atoms with Gasteiger partial charge in [0.05, 0.1) is 16.5 Å². The van der Waals surface area contributed by atoms with Crippen LogP contribution >= 0.6 is 15.9 Å². The minimum Gasteiger partial charge on any atom is -0.479 e. The molecule has 0 N–H and O–H groups in total. The minimum atomic E-state index is -0.719. The van der Waals surface area contributed by atoms with E-state index >= 15 is 0 Å². The zero-order valence-corrected chi connectivity index (χ0v) is 17.7. The first-order chi connectivity index (χ1) is 14.0. The highest BCUT2D eigenvalue weighted by Gasteiger charge is 2.20. The van der Waals surface area contributed by atoms with Gasteiger partial charge in [-0.2, -0.15) is 0 Å². The average Bonchev–Trinajstić information content (AvgIpc) is 2.73. The molecule has 0 aliphatic rings. The molecule has 0 spiro atoms. The van der Waals surface area contributed by atoms with Crippen molar-refractivity contribution in [2.24, 2.45) is 0 Å².